The minimum atomic E-state index is -0.398. The maximum Gasteiger partial charge on any atom is 0.310 e. The van der Waals surface area contributed by atoms with Gasteiger partial charge < -0.3 is 33.2 Å². The van der Waals surface area contributed by atoms with E-state index >= 15 is 0 Å². The van der Waals surface area contributed by atoms with E-state index in [9.17, 15) is 4.79 Å². The van der Waals surface area contributed by atoms with Gasteiger partial charge in [0, 0.05) is 19.2 Å². The summed E-state index contributed by atoms with van der Waals surface area (Å²) in [6.45, 7) is 2.98. The van der Waals surface area contributed by atoms with Crippen LogP contribution in [0.3, 0.4) is 0 Å². The summed E-state index contributed by atoms with van der Waals surface area (Å²) in [6, 6.07) is 23.2. The van der Waals surface area contributed by atoms with Crippen molar-refractivity contribution < 1.29 is 28.2 Å². The Hall–Kier alpha value is -4.50. The lowest BCUT2D eigenvalue weighted by Gasteiger charge is -2.31. The van der Waals surface area contributed by atoms with Gasteiger partial charge in [-0.25, -0.2) is 4.98 Å². The highest BCUT2D eigenvalue weighted by Gasteiger charge is 2.28. The van der Waals surface area contributed by atoms with Crippen molar-refractivity contribution in [1.82, 2.24) is 14.8 Å². The fraction of sp³-hybridized carbons (Fsp3) is 0.312. The second kappa shape index (κ2) is 13.7. The van der Waals surface area contributed by atoms with Gasteiger partial charge in [0.05, 0.1) is 19.3 Å². The van der Waals surface area contributed by atoms with E-state index in [0.717, 1.165) is 29.8 Å². The molecule has 214 valence electrons. The number of fused-ring (bicyclic) bond motifs is 1. The summed E-state index contributed by atoms with van der Waals surface area (Å²) >= 11 is 0. The zero-order chi connectivity index (χ0) is 28.4. The number of rotatable bonds is 13. The minimum absolute atomic E-state index is 0.0274. The van der Waals surface area contributed by atoms with Gasteiger partial charge in [-0.05, 0) is 55.9 Å². The Morgan fingerprint density at radius 2 is 1.76 bits per heavy atom. The first kappa shape index (κ1) is 28.0. The molecule has 0 fully saturated rings. The lowest BCUT2D eigenvalue weighted by atomic mass is 10.2. The molecule has 1 atom stereocenters. The Balaban J connectivity index is 1.23. The van der Waals surface area contributed by atoms with Crippen molar-refractivity contribution in [2.45, 2.75) is 25.7 Å². The first-order valence-corrected chi connectivity index (χ1v) is 13.7. The number of benzene rings is 3. The highest BCUT2D eigenvalue weighted by atomic mass is 16.6. The monoisotopic (exact) mass is 557 g/mol. The van der Waals surface area contributed by atoms with E-state index in [0.29, 0.717) is 43.6 Å². The molecule has 0 spiro atoms. The number of amides is 1. The quantitative estimate of drug-likeness (QED) is 0.211. The van der Waals surface area contributed by atoms with Crippen LogP contribution in [0.25, 0.3) is 0 Å². The molecule has 41 heavy (non-hydrogen) atoms. The van der Waals surface area contributed by atoms with Gasteiger partial charge in [0.2, 0.25) is 0 Å². The molecule has 1 aliphatic heterocycles. The topological polar surface area (TPSA) is 86.5 Å². The highest BCUT2D eigenvalue weighted by molar-refractivity contribution is 5.89. The van der Waals surface area contributed by atoms with Crippen LogP contribution in [0, 0.1) is 0 Å². The molecule has 0 aliphatic carbocycles. The van der Waals surface area contributed by atoms with Crippen LogP contribution in [0.15, 0.2) is 89.7 Å². The van der Waals surface area contributed by atoms with Crippen LogP contribution in [0.1, 0.15) is 28.2 Å². The van der Waals surface area contributed by atoms with E-state index in [2.05, 4.69) is 9.88 Å². The van der Waals surface area contributed by atoms with Gasteiger partial charge in [0.25, 0.3) is 5.89 Å². The lowest BCUT2D eigenvalue weighted by Crippen LogP contribution is -2.43. The summed E-state index contributed by atoms with van der Waals surface area (Å²) in [5, 5.41) is 0. The van der Waals surface area contributed by atoms with Crippen molar-refractivity contribution in [2.24, 2.45) is 0 Å². The predicted molar refractivity (Wildman–Crippen MR) is 153 cm³/mol. The third-order valence-corrected chi connectivity index (χ3v) is 6.52. The van der Waals surface area contributed by atoms with Gasteiger partial charge in [-0.2, -0.15) is 0 Å². The molecule has 4 aromatic rings. The van der Waals surface area contributed by atoms with Crippen LogP contribution in [-0.2, 0) is 13.2 Å². The molecule has 9 heteroatoms. The zero-order valence-electron chi connectivity index (χ0n) is 23.4. The van der Waals surface area contributed by atoms with Crippen LogP contribution in [0.5, 0.6) is 23.0 Å². The number of carbonyl (C=O) groups excluding carboxylic acids is 1. The standard InChI is InChI=1S/C32H35N3O6/c1-34(2)16-6-17-37-26-11-9-24(10-12-26)20-35(32(36)31-33-15-18-38-31)21-28-23-40-29-14-13-27(19-30(29)41-28)39-22-25-7-4-3-5-8-25/h3-5,7-15,18-19,28H,6,16-17,20-23H2,1-2H3/t28-/m1/s1. The summed E-state index contributed by atoms with van der Waals surface area (Å²) in [5.41, 5.74) is 2.02. The average molecular weight is 558 g/mol. The molecule has 5 rings (SSSR count). The molecule has 2 heterocycles. The van der Waals surface area contributed by atoms with Gasteiger partial charge in [-0.3, -0.25) is 4.79 Å². The molecule has 1 amide bonds. The molecule has 0 saturated heterocycles. The number of nitrogens with zero attached hydrogens (tertiary/aromatic N) is 3. The third kappa shape index (κ3) is 8.02. The number of aromatic nitrogens is 1. The van der Waals surface area contributed by atoms with E-state index < -0.39 is 6.10 Å². The first-order valence-electron chi connectivity index (χ1n) is 13.7. The molecule has 1 aliphatic rings. The summed E-state index contributed by atoms with van der Waals surface area (Å²) in [6.07, 6.45) is 3.40. The van der Waals surface area contributed by atoms with Crippen molar-refractivity contribution in [3.63, 3.8) is 0 Å². The molecular weight excluding hydrogens is 522 g/mol. The summed E-state index contributed by atoms with van der Waals surface area (Å²) in [4.78, 5) is 21.2. The Labute approximate surface area is 240 Å². The van der Waals surface area contributed by atoms with E-state index in [1.807, 2.05) is 86.9 Å². The number of hydrogen-bond donors (Lipinski definition) is 0. The highest BCUT2D eigenvalue weighted by Crippen LogP contribution is 2.35. The third-order valence-electron chi connectivity index (χ3n) is 6.52. The molecule has 0 N–H and O–H groups in total. The Morgan fingerprint density at radius 3 is 2.51 bits per heavy atom. The molecule has 0 unspecified atom stereocenters. The Morgan fingerprint density at radius 1 is 0.951 bits per heavy atom. The normalized spacial score (nSPS) is 14.1. The van der Waals surface area contributed by atoms with Crippen LogP contribution in [-0.4, -0.2) is 67.2 Å². The predicted octanol–water partition coefficient (Wildman–Crippen LogP) is 5.07. The molecule has 1 aromatic heterocycles. The van der Waals surface area contributed by atoms with Crippen molar-refractivity contribution in [1.29, 1.82) is 0 Å². The maximum atomic E-state index is 13.3. The summed E-state index contributed by atoms with van der Waals surface area (Å²) < 4.78 is 29.4. The van der Waals surface area contributed by atoms with Crippen LogP contribution >= 0.6 is 0 Å². The van der Waals surface area contributed by atoms with Crippen molar-refractivity contribution in [3.8, 4) is 23.0 Å². The second-order valence-electron chi connectivity index (χ2n) is 10.1. The molecule has 0 bridgehead atoms. The van der Waals surface area contributed by atoms with Gasteiger partial charge >= 0.3 is 5.91 Å². The van der Waals surface area contributed by atoms with Gasteiger partial charge in [0.15, 0.2) is 17.6 Å². The molecule has 0 radical (unpaired) electrons. The maximum absolute atomic E-state index is 13.3. The van der Waals surface area contributed by atoms with Crippen LogP contribution in [0.4, 0.5) is 0 Å². The first-order chi connectivity index (χ1) is 20.0. The number of carbonyl (C=O) groups is 1. The van der Waals surface area contributed by atoms with E-state index in [4.69, 9.17) is 23.4 Å². The van der Waals surface area contributed by atoms with Crippen molar-refractivity contribution in [2.75, 3.05) is 40.4 Å². The summed E-state index contributed by atoms with van der Waals surface area (Å²) in [5.74, 6) is 2.39. The Bertz CT molecular complexity index is 1380. The summed E-state index contributed by atoms with van der Waals surface area (Å²) in [7, 11) is 4.09. The van der Waals surface area contributed by atoms with Crippen molar-refractivity contribution >= 4 is 5.91 Å². The van der Waals surface area contributed by atoms with Gasteiger partial charge in [-0.1, -0.05) is 42.5 Å². The largest absolute Gasteiger partial charge is 0.494 e. The minimum Gasteiger partial charge on any atom is -0.494 e. The average Bonchev–Trinajstić information content (AvgIpc) is 3.54. The van der Waals surface area contributed by atoms with Crippen molar-refractivity contribution in [3.05, 3.63) is 102 Å². The molecule has 0 saturated carbocycles. The lowest BCUT2D eigenvalue weighted by molar-refractivity contribution is 0.0417. The Kier molecular flexibility index (Phi) is 9.38. The van der Waals surface area contributed by atoms with Crippen LogP contribution < -0.4 is 18.9 Å². The number of oxazole rings is 1. The number of ether oxygens (including phenoxy) is 4. The van der Waals surface area contributed by atoms with Gasteiger partial charge in [0.1, 0.15) is 31.0 Å². The number of hydrogen-bond acceptors (Lipinski definition) is 8. The smallest absolute Gasteiger partial charge is 0.310 e. The van der Waals surface area contributed by atoms with Gasteiger partial charge in [-0.15, -0.1) is 0 Å². The van der Waals surface area contributed by atoms with E-state index in [1.165, 1.54) is 12.5 Å². The van der Waals surface area contributed by atoms with E-state index in [1.54, 1.807) is 4.90 Å². The SMILES string of the molecule is CN(C)CCCOc1ccc(CN(C[C@@H]2COc3ccc(OCc4ccccc4)cc3O2)C(=O)c2ncco2)cc1. The molecule has 3 aromatic carbocycles. The van der Waals surface area contributed by atoms with Crippen LogP contribution in [0.2, 0.25) is 0 Å². The fourth-order valence-corrected chi connectivity index (χ4v) is 4.43. The molecular formula is C32H35N3O6. The van der Waals surface area contributed by atoms with E-state index in [-0.39, 0.29) is 18.3 Å². The second-order valence-corrected chi connectivity index (χ2v) is 10.1. The molecule has 9 nitrogen and oxygen atoms in total. The fourth-order valence-electron chi connectivity index (χ4n) is 4.43. The zero-order valence-corrected chi connectivity index (χ0v) is 23.4.